The first kappa shape index (κ1) is 22.6. The van der Waals surface area contributed by atoms with Crippen molar-refractivity contribution in [3.63, 3.8) is 0 Å². The monoisotopic (exact) mass is 450 g/mol. The van der Waals surface area contributed by atoms with Gasteiger partial charge in [0.05, 0.1) is 11.9 Å². The first-order chi connectivity index (χ1) is 14.6. The third kappa shape index (κ3) is 4.35. The van der Waals surface area contributed by atoms with Crippen molar-refractivity contribution in [2.75, 3.05) is 0 Å². The first-order valence-electron chi connectivity index (χ1n) is 11.8. The Kier molecular flexibility index (Phi) is 6.10. The molecule has 2 aliphatic rings. The molecule has 0 saturated heterocycles. The average Bonchev–Trinajstić information content (AvgIpc) is 3.28. The predicted molar refractivity (Wildman–Crippen MR) is 136 cm³/mol. The van der Waals surface area contributed by atoms with E-state index < -0.39 is 16.6 Å². The van der Waals surface area contributed by atoms with Gasteiger partial charge in [0, 0.05) is 5.92 Å². The fourth-order valence-corrected chi connectivity index (χ4v) is 11.3. The van der Waals surface area contributed by atoms with Gasteiger partial charge in [-0.2, -0.15) is 0 Å². The van der Waals surface area contributed by atoms with E-state index in [1.54, 1.807) is 0 Å². The molecule has 4 heteroatoms. The molecule has 0 N–H and O–H groups in total. The van der Waals surface area contributed by atoms with Gasteiger partial charge in [0.1, 0.15) is 0 Å². The van der Waals surface area contributed by atoms with Gasteiger partial charge in [-0.05, 0) is 66.3 Å². The molecule has 2 aromatic rings. The summed E-state index contributed by atoms with van der Waals surface area (Å²) in [5.74, 6) is 2.31. The molecule has 0 heterocycles. The molecule has 2 nitrogen and oxygen atoms in total. The Morgan fingerprint density at radius 2 is 1.35 bits per heavy atom. The van der Waals surface area contributed by atoms with Crippen molar-refractivity contribution in [1.82, 2.24) is 0 Å². The van der Waals surface area contributed by atoms with E-state index >= 15 is 0 Å². The van der Waals surface area contributed by atoms with Crippen LogP contribution in [0.5, 0.6) is 0 Å². The Labute approximate surface area is 190 Å². The molecule has 166 valence electrons. The van der Waals surface area contributed by atoms with Crippen molar-refractivity contribution in [3.8, 4) is 0 Å². The van der Waals surface area contributed by atoms with Gasteiger partial charge in [-0.15, -0.1) is 0 Å². The number of hydrogen-bond donors (Lipinski definition) is 0. The maximum atomic E-state index is 7.53. The lowest BCUT2D eigenvalue weighted by Crippen LogP contribution is -2.68. The van der Waals surface area contributed by atoms with Crippen LogP contribution < -0.4 is 10.4 Å². The van der Waals surface area contributed by atoms with E-state index in [9.17, 15) is 0 Å². The fourth-order valence-electron chi connectivity index (χ4n) is 5.64. The summed E-state index contributed by atoms with van der Waals surface area (Å²) in [5, 5.41) is 2.74. The Hall–Kier alpha value is -1.63. The van der Waals surface area contributed by atoms with Crippen molar-refractivity contribution < 1.29 is 8.85 Å². The molecule has 31 heavy (non-hydrogen) atoms. The molecule has 1 unspecified atom stereocenters. The lowest BCUT2D eigenvalue weighted by molar-refractivity contribution is 0.132. The third-order valence-corrected chi connectivity index (χ3v) is 12.8. The molecular formula is C27H38O2Si2. The molecule has 0 aromatic heterocycles. The van der Waals surface area contributed by atoms with Crippen LogP contribution in [0.25, 0.3) is 0 Å². The van der Waals surface area contributed by atoms with Gasteiger partial charge in [0.15, 0.2) is 0 Å². The fraction of sp³-hybridized carbons (Fsp3) is 0.481. The van der Waals surface area contributed by atoms with E-state index in [4.69, 9.17) is 8.85 Å². The highest BCUT2D eigenvalue weighted by atomic mass is 28.4. The molecule has 0 spiro atoms. The Morgan fingerprint density at radius 1 is 0.806 bits per heavy atom. The number of benzene rings is 2. The van der Waals surface area contributed by atoms with Crippen molar-refractivity contribution >= 4 is 27.0 Å². The Bertz CT molecular complexity index is 870. The van der Waals surface area contributed by atoms with Gasteiger partial charge >= 0.3 is 0 Å². The van der Waals surface area contributed by atoms with Crippen LogP contribution in [0.15, 0.2) is 72.5 Å². The molecule has 2 aromatic carbocycles. The van der Waals surface area contributed by atoms with Crippen LogP contribution in [0.2, 0.25) is 24.7 Å². The van der Waals surface area contributed by atoms with Crippen LogP contribution in [0.4, 0.5) is 0 Å². The molecule has 0 amide bonds. The van der Waals surface area contributed by atoms with Gasteiger partial charge in [-0.1, -0.05) is 81.4 Å². The minimum Gasteiger partial charge on any atom is -0.547 e. The van der Waals surface area contributed by atoms with E-state index in [1.807, 2.05) is 0 Å². The number of rotatable bonds is 6. The summed E-state index contributed by atoms with van der Waals surface area (Å²) in [6.07, 6.45) is 6.11. The van der Waals surface area contributed by atoms with Crippen LogP contribution >= 0.6 is 0 Å². The predicted octanol–water partition coefficient (Wildman–Crippen LogP) is 6.10. The summed E-state index contributed by atoms with van der Waals surface area (Å²) in [4.78, 5) is 0. The van der Waals surface area contributed by atoms with Gasteiger partial charge < -0.3 is 8.85 Å². The smallest absolute Gasteiger partial charge is 0.261 e. The highest BCUT2D eigenvalue weighted by molar-refractivity contribution is 6.99. The second-order valence-electron chi connectivity index (χ2n) is 11.2. The SMILES string of the molecule is CC(C)(C)[Si](OC1CC[C@@H]2CC=C(O[Si](C)(C)C)[C@H]12)(c1ccccc1)c1ccccc1. The summed E-state index contributed by atoms with van der Waals surface area (Å²) in [6.45, 7) is 14.0. The highest BCUT2D eigenvalue weighted by Gasteiger charge is 2.54. The Balaban J connectivity index is 1.78. The molecule has 3 atom stereocenters. The minimum absolute atomic E-state index is 0.00983. The molecule has 0 aliphatic heterocycles. The quantitative estimate of drug-likeness (QED) is 0.495. The lowest BCUT2D eigenvalue weighted by Gasteiger charge is -2.46. The summed E-state index contributed by atoms with van der Waals surface area (Å²) in [6, 6.07) is 22.1. The van der Waals surface area contributed by atoms with Crippen LogP contribution in [-0.2, 0) is 8.85 Å². The van der Waals surface area contributed by atoms with E-state index in [0.717, 1.165) is 12.8 Å². The van der Waals surface area contributed by atoms with E-state index in [1.165, 1.54) is 22.6 Å². The summed E-state index contributed by atoms with van der Waals surface area (Å²) < 4.78 is 14.1. The zero-order chi connectivity index (χ0) is 22.3. The van der Waals surface area contributed by atoms with E-state index in [2.05, 4.69) is 107 Å². The van der Waals surface area contributed by atoms with Gasteiger partial charge in [-0.25, -0.2) is 0 Å². The van der Waals surface area contributed by atoms with Gasteiger partial charge in [0.2, 0.25) is 8.32 Å². The molecule has 0 radical (unpaired) electrons. The topological polar surface area (TPSA) is 18.5 Å². The molecule has 1 fully saturated rings. The minimum atomic E-state index is -2.53. The van der Waals surface area contributed by atoms with E-state index in [-0.39, 0.29) is 11.1 Å². The largest absolute Gasteiger partial charge is 0.547 e. The second-order valence-corrected chi connectivity index (χ2v) is 19.9. The molecular weight excluding hydrogens is 412 g/mol. The van der Waals surface area contributed by atoms with Gasteiger partial charge in [-0.3, -0.25) is 0 Å². The first-order valence-corrected chi connectivity index (χ1v) is 17.1. The standard InChI is InChI=1S/C27H38O2Si2/c1-27(2,3)31(22-13-9-7-10-14-22,23-15-11-8-12-16-23)29-25-20-18-21-17-19-24(26(21)25)28-30(4,5)6/h7-16,19,21,25-26H,17-18,20H2,1-6H3/t21-,25?,26+/m0/s1. The third-order valence-electron chi connectivity index (χ3n) is 6.85. The second kappa shape index (κ2) is 8.38. The van der Waals surface area contributed by atoms with Crippen molar-refractivity contribution in [2.45, 2.75) is 70.8 Å². The summed E-state index contributed by atoms with van der Waals surface area (Å²) in [7, 11) is -4.18. The maximum absolute atomic E-state index is 7.53. The zero-order valence-electron chi connectivity index (χ0n) is 20.0. The molecule has 2 aliphatic carbocycles. The summed E-state index contributed by atoms with van der Waals surface area (Å²) in [5.41, 5.74) is 0. The van der Waals surface area contributed by atoms with Crippen molar-refractivity contribution in [1.29, 1.82) is 0 Å². The lowest BCUT2D eigenvalue weighted by atomic mass is 9.98. The van der Waals surface area contributed by atoms with Crippen molar-refractivity contribution in [2.24, 2.45) is 11.8 Å². The average molecular weight is 451 g/mol. The van der Waals surface area contributed by atoms with Crippen LogP contribution in [0.3, 0.4) is 0 Å². The Morgan fingerprint density at radius 3 is 1.84 bits per heavy atom. The molecule has 1 saturated carbocycles. The maximum Gasteiger partial charge on any atom is 0.261 e. The number of hydrogen-bond acceptors (Lipinski definition) is 2. The normalized spacial score (nSPS) is 24.1. The van der Waals surface area contributed by atoms with E-state index in [0.29, 0.717) is 11.8 Å². The highest BCUT2D eigenvalue weighted by Crippen LogP contribution is 2.49. The van der Waals surface area contributed by atoms with Crippen LogP contribution in [-0.4, -0.2) is 22.7 Å². The van der Waals surface area contributed by atoms with Crippen LogP contribution in [0.1, 0.15) is 40.0 Å². The summed E-state index contributed by atoms with van der Waals surface area (Å²) >= 11 is 0. The molecule has 4 rings (SSSR count). The van der Waals surface area contributed by atoms with Gasteiger partial charge in [0.25, 0.3) is 8.32 Å². The number of allylic oxidation sites excluding steroid dienone is 1. The van der Waals surface area contributed by atoms with Crippen molar-refractivity contribution in [3.05, 3.63) is 72.5 Å². The number of fused-ring (bicyclic) bond motifs is 1. The molecule has 0 bridgehead atoms. The van der Waals surface area contributed by atoms with Crippen LogP contribution in [0, 0.1) is 11.8 Å². The zero-order valence-corrected chi connectivity index (χ0v) is 22.0.